The summed E-state index contributed by atoms with van der Waals surface area (Å²) in [4.78, 5) is 63.7. The second kappa shape index (κ2) is 21.0. The fourth-order valence-corrected chi connectivity index (χ4v) is 13.0. The Labute approximate surface area is 489 Å². The first kappa shape index (κ1) is 55.0. The third-order valence-electron chi connectivity index (χ3n) is 17.7. The highest BCUT2D eigenvalue weighted by atomic mass is 16.6. The molecule has 4 aliphatic heterocycles. The fourth-order valence-electron chi connectivity index (χ4n) is 13.0. The van der Waals surface area contributed by atoms with Gasteiger partial charge in [-0.3, -0.25) is 0 Å². The molecule has 0 aliphatic carbocycles. The SMILES string of the molecule is CCN(CC)c1ccc2c(c1)Oc1cc(C)c(N(C(=O)OC)c3ccc(C(C)(CC)c4ccc(N(C(=O)OC)c5cc6c(cc5C)Oc5cc(N(CC)CC)ccc5C65OC(=O)c6ccccc65)cc4)cc3)cc1C21OC(=O)c2ccccc21. The van der Waals surface area contributed by atoms with Gasteiger partial charge >= 0.3 is 24.1 Å². The van der Waals surface area contributed by atoms with Gasteiger partial charge in [0.15, 0.2) is 11.2 Å². The van der Waals surface area contributed by atoms with E-state index in [1.54, 1.807) is 12.1 Å². The summed E-state index contributed by atoms with van der Waals surface area (Å²) in [5.41, 5.74) is 8.97. The number of benzene rings is 8. The van der Waals surface area contributed by atoms with Gasteiger partial charge in [-0.25, -0.2) is 29.0 Å². The second-order valence-electron chi connectivity index (χ2n) is 21.8. The minimum atomic E-state index is -1.38. The first-order valence-corrected chi connectivity index (χ1v) is 28.7. The highest BCUT2D eigenvalue weighted by molar-refractivity contribution is 6.01. The van der Waals surface area contributed by atoms with Crippen LogP contribution in [0, 0.1) is 13.8 Å². The molecule has 426 valence electrons. The van der Waals surface area contributed by atoms with Gasteiger partial charge in [0.2, 0.25) is 0 Å². The van der Waals surface area contributed by atoms with Gasteiger partial charge in [-0.15, -0.1) is 0 Å². The molecule has 14 heteroatoms. The quantitative estimate of drug-likeness (QED) is 0.0803. The molecule has 4 aliphatic rings. The van der Waals surface area contributed by atoms with E-state index in [-0.39, 0.29) is 0 Å². The number of aryl methyl sites for hydroxylation is 2. The molecule has 2 amide bonds. The molecule has 0 N–H and O–H groups in total. The summed E-state index contributed by atoms with van der Waals surface area (Å²) < 4.78 is 37.7. The molecular weight excluding hydrogens is 1060 g/mol. The molecule has 0 saturated heterocycles. The largest absolute Gasteiger partial charge is 0.456 e. The van der Waals surface area contributed by atoms with Crippen LogP contribution in [0.15, 0.2) is 158 Å². The molecule has 0 radical (unpaired) electrons. The van der Waals surface area contributed by atoms with E-state index in [4.69, 9.17) is 28.4 Å². The van der Waals surface area contributed by atoms with E-state index >= 15 is 0 Å². The third-order valence-corrected chi connectivity index (χ3v) is 17.7. The topological polar surface area (TPSA) is 137 Å². The number of amides is 2. The normalized spacial score (nSPS) is 17.2. The fraction of sp³-hybridized carbons (Fsp3) is 0.257. The monoisotopic (exact) mass is 1120 g/mol. The van der Waals surface area contributed by atoms with Gasteiger partial charge < -0.3 is 38.2 Å². The summed E-state index contributed by atoms with van der Waals surface area (Å²) >= 11 is 0. The number of nitrogens with zero attached hydrogens (tertiary/aromatic N) is 4. The van der Waals surface area contributed by atoms with Gasteiger partial charge in [-0.2, -0.15) is 0 Å². The Balaban J connectivity index is 0.891. The number of rotatable bonds is 13. The van der Waals surface area contributed by atoms with Crippen molar-refractivity contribution in [3.63, 3.8) is 0 Å². The summed E-state index contributed by atoms with van der Waals surface area (Å²) in [7, 11) is 2.70. The average Bonchev–Trinajstić information content (AvgIpc) is 1.47. The van der Waals surface area contributed by atoms with Crippen molar-refractivity contribution in [3.05, 3.63) is 224 Å². The molecule has 12 rings (SSSR count). The predicted molar refractivity (Wildman–Crippen MR) is 325 cm³/mol. The summed E-state index contributed by atoms with van der Waals surface area (Å²) in [5.74, 6) is 1.25. The molecule has 0 fully saturated rings. The van der Waals surface area contributed by atoms with Crippen LogP contribution in [-0.4, -0.2) is 64.5 Å². The number of hydrogen-bond donors (Lipinski definition) is 0. The molecule has 8 aromatic carbocycles. The molecule has 84 heavy (non-hydrogen) atoms. The Morgan fingerprint density at radius 1 is 0.452 bits per heavy atom. The lowest BCUT2D eigenvalue weighted by atomic mass is 9.74. The zero-order chi connectivity index (χ0) is 59.0. The van der Waals surface area contributed by atoms with E-state index in [2.05, 4.69) is 51.3 Å². The summed E-state index contributed by atoms with van der Waals surface area (Å²) in [5, 5.41) is 0. The van der Waals surface area contributed by atoms with E-state index < -0.39 is 40.7 Å². The highest BCUT2D eigenvalue weighted by Gasteiger charge is 2.56. The minimum absolute atomic E-state index is 0.454. The molecule has 0 aromatic heterocycles. The number of esters is 2. The van der Waals surface area contributed by atoms with Gasteiger partial charge in [0.25, 0.3) is 0 Å². The van der Waals surface area contributed by atoms with Crippen molar-refractivity contribution in [2.45, 2.75) is 78.4 Å². The smallest absolute Gasteiger partial charge is 0.418 e. The van der Waals surface area contributed by atoms with E-state index in [0.29, 0.717) is 96.7 Å². The van der Waals surface area contributed by atoms with Gasteiger partial charge in [0.05, 0.1) is 48.1 Å². The number of carbonyl (C=O) groups excluding carboxylic acids is 4. The van der Waals surface area contributed by atoms with E-state index in [1.165, 1.54) is 24.0 Å². The molecular formula is C70H66N4O10. The van der Waals surface area contributed by atoms with Crippen LogP contribution in [0.3, 0.4) is 0 Å². The highest BCUT2D eigenvalue weighted by Crippen LogP contribution is 2.60. The predicted octanol–water partition coefficient (Wildman–Crippen LogP) is 15.7. The average molecular weight is 1120 g/mol. The van der Waals surface area contributed by atoms with Gasteiger partial charge in [-0.1, -0.05) is 74.5 Å². The number of carbonyl (C=O) groups is 4. The molecule has 14 nitrogen and oxygen atoms in total. The van der Waals surface area contributed by atoms with Crippen LogP contribution in [-0.2, 0) is 35.6 Å². The van der Waals surface area contributed by atoms with Crippen molar-refractivity contribution >= 4 is 58.2 Å². The number of ether oxygens (including phenoxy) is 6. The molecule has 2 atom stereocenters. The van der Waals surface area contributed by atoms with Crippen molar-refractivity contribution in [2.24, 2.45) is 0 Å². The number of fused-ring (bicyclic) bond motifs is 12. The van der Waals surface area contributed by atoms with Crippen molar-refractivity contribution in [3.8, 4) is 23.0 Å². The Kier molecular flexibility index (Phi) is 13.8. The summed E-state index contributed by atoms with van der Waals surface area (Å²) in [6, 6.07) is 50.1. The Morgan fingerprint density at radius 3 is 1.17 bits per heavy atom. The second-order valence-corrected chi connectivity index (χ2v) is 21.8. The Bertz CT molecular complexity index is 3730. The van der Waals surface area contributed by atoms with Crippen LogP contribution in [0.4, 0.5) is 43.7 Å². The first-order chi connectivity index (χ1) is 40.6. The molecule has 8 aromatic rings. The van der Waals surface area contributed by atoms with E-state index in [9.17, 15) is 19.2 Å². The maximum Gasteiger partial charge on any atom is 0.418 e. The lowest BCUT2D eigenvalue weighted by Gasteiger charge is -2.38. The number of anilines is 6. The van der Waals surface area contributed by atoms with Crippen molar-refractivity contribution in [1.29, 1.82) is 0 Å². The van der Waals surface area contributed by atoms with Crippen molar-refractivity contribution in [2.75, 3.05) is 60.0 Å². The van der Waals surface area contributed by atoms with Crippen LogP contribution in [0.1, 0.15) is 124 Å². The molecule has 0 bridgehead atoms. The lowest BCUT2D eigenvalue weighted by Crippen LogP contribution is -2.34. The van der Waals surface area contributed by atoms with Gasteiger partial charge in [0.1, 0.15) is 23.0 Å². The maximum absolute atomic E-state index is 14.2. The number of methoxy groups -OCH3 is 2. The maximum atomic E-state index is 14.2. The Hall–Kier alpha value is -9.56. The van der Waals surface area contributed by atoms with Crippen LogP contribution >= 0.6 is 0 Å². The summed E-state index contributed by atoms with van der Waals surface area (Å²) in [6.07, 6.45) is -0.538. The van der Waals surface area contributed by atoms with Crippen molar-refractivity contribution < 1.29 is 47.6 Å². The number of hydrogen-bond acceptors (Lipinski definition) is 12. The van der Waals surface area contributed by atoms with Gasteiger partial charge in [0, 0.05) is 88.5 Å². The molecule has 0 saturated carbocycles. The van der Waals surface area contributed by atoms with Crippen LogP contribution in [0.5, 0.6) is 23.0 Å². The zero-order valence-electron chi connectivity index (χ0n) is 48.9. The van der Waals surface area contributed by atoms with Crippen LogP contribution in [0.25, 0.3) is 0 Å². The molecule has 2 spiro atoms. The standard InChI is InChI=1S/C70H66N4O10/c1-11-68(8,44-24-28-46(29-25-44)73(66(77)79-9)58-40-56-60(36-42(58)6)81-62-38-48(71(12-2)13-3)32-34-54(62)69(56)52-22-18-16-20-50(52)64(75)83-69)45-26-30-47(31-27-45)74(67(78)80-10)59-41-57-61(37-43(59)7)82-63-39-49(72(14-4)15-5)33-35-55(63)70(57)53-23-19-17-21-51(53)65(76)84-70/h16-41H,11-15H2,1-10H3. The van der Waals surface area contributed by atoms with Crippen molar-refractivity contribution in [1.82, 2.24) is 0 Å². The molecule has 2 unspecified atom stereocenters. The Morgan fingerprint density at radius 2 is 0.810 bits per heavy atom. The third kappa shape index (κ3) is 8.27. The van der Waals surface area contributed by atoms with E-state index in [1.807, 2.05) is 159 Å². The van der Waals surface area contributed by atoms with Crippen LogP contribution < -0.4 is 29.1 Å². The first-order valence-electron chi connectivity index (χ1n) is 28.7. The minimum Gasteiger partial charge on any atom is -0.456 e. The zero-order valence-corrected chi connectivity index (χ0v) is 48.9. The molecule has 4 heterocycles. The van der Waals surface area contributed by atoms with E-state index in [0.717, 1.165) is 59.8 Å². The van der Waals surface area contributed by atoms with Crippen LogP contribution in [0.2, 0.25) is 0 Å². The summed E-state index contributed by atoms with van der Waals surface area (Å²) in [6.45, 7) is 19.7. The van der Waals surface area contributed by atoms with Gasteiger partial charge in [-0.05, 0) is 155 Å². The lowest BCUT2D eigenvalue weighted by molar-refractivity contribution is 0.0214.